The molecule has 0 spiro atoms. The molecule has 4 rings (SSSR count). The van der Waals surface area contributed by atoms with E-state index in [1.54, 1.807) is 0 Å². The molecule has 2 aromatic carbocycles. The van der Waals surface area contributed by atoms with Crippen LogP contribution in [0.25, 0.3) is 5.57 Å². The lowest BCUT2D eigenvalue weighted by atomic mass is 9.93. The van der Waals surface area contributed by atoms with Crippen LogP contribution in [0, 0.1) is 5.92 Å². The maximum Gasteiger partial charge on any atom is 0.221 e. The molecule has 0 radical (unpaired) electrons. The van der Waals surface area contributed by atoms with E-state index in [9.17, 15) is 4.79 Å². The lowest BCUT2D eigenvalue weighted by molar-refractivity contribution is -0.123. The summed E-state index contributed by atoms with van der Waals surface area (Å²) in [6.07, 6.45) is 7.58. The summed E-state index contributed by atoms with van der Waals surface area (Å²) in [5.41, 5.74) is 12.5. The third-order valence-corrected chi connectivity index (χ3v) is 5.98. The molecule has 1 heterocycles. The summed E-state index contributed by atoms with van der Waals surface area (Å²) in [5, 5.41) is 0. The highest BCUT2D eigenvalue weighted by atomic mass is 16.1. The number of benzene rings is 2. The van der Waals surface area contributed by atoms with Crippen molar-refractivity contribution < 1.29 is 4.79 Å². The molecule has 3 heteroatoms. The van der Waals surface area contributed by atoms with E-state index in [0.29, 0.717) is 0 Å². The zero-order chi connectivity index (χ0) is 18.6. The van der Waals surface area contributed by atoms with E-state index >= 15 is 0 Å². The number of rotatable bonds is 4. The topological polar surface area (TPSA) is 46.3 Å². The Morgan fingerprint density at radius 2 is 1.67 bits per heavy atom. The second-order valence-corrected chi connectivity index (χ2v) is 7.76. The van der Waals surface area contributed by atoms with Gasteiger partial charge < -0.3 is 10.6 Å². The molecule has 2 aromatic rings. The van der Waals surface area contributed by atoms with Crippen LogP contribution in [0.5, 0.6) is 0 Å². The molecule has 0 unspecified atom stereocenters. The van der Waals surface area contributed by atoms with Gasteiger partial charge in [-0.1, -0.05) is 54.6 Å². The molecule has 140 valence electrons. The Kier molecular flexibility index (Phi) is 5.40. The Morgan fingerprint density at radius 1 is 1.04 bits per heavy atom. The molecule has 0 saturated carbocycles. The molecule has 27 heavy (non-hydrogen) atoms. The fraction of sp³-hybridized carbons (Fsp3) is 0.375. The van der Waals surface area contributed by atoms with Gasteiger partial charge in [0, 0.05) is 13.1 Å². The Morgan fingerprint density at radius 3 is 2.30 bits per heavy atom. The fourth-order valence-corrected chi connectivity index (χ4v) is 4.52. The van der Waals surface area contributed by atoms with Crippen LogP contribution in [0.4, 0.5) is 0 Å². The molecular formula is C24H28N2O. The Hall–Kier alpha value is -2.39. The van der Waals surface area contributed by atoms with Crippen molar-refractivity contribution in [3.05, 3.63) is 76.9 Å². The molecule has 0 aromatic heterocycles. The van der Waals surface area contributed by atoms with E-state index in [4.69, 9.17) is 5.73 Å². The molecule has 1 amide bonds. The van der Waals surface area contributed by atoms with Gasteiger partial charge in [0.15, 0.2) is 0 Å². The van der Waals surface area contributed by atoms with Gasteiger partial charge in [-0.25, -0.2) is 0 Å². The smallest absolute Gasteiger partial charge is 0.221 e. The first-order chi connectivity index (χ1) is 13.2. The number of piperidine rings is 1. The molecule has 2 N–H and O–H groups in total. The molecule has 1 atom stereocenters. The van der Waals surface area contributed by atoms with Crippen LogP contribution in [-0.2, 0) is 17.6 Å². The van der Waals surface area contributed by atoms with Crippen molar-refractivity contribution in [1.82, 2.24) is 4.90 Å². The molecule has 1 aliphatic heterocycles. The van der Waals surface area contributed by atoms with Crippen molar-refractivity contribution in [2.75, 3.05) is 19.6 Å². The van der Waals surface area contributed by atoms with Gasteiger partial charge in [-0.2, -0.15) is 0 Å². The third kappa shape index (κ3) is 3.98. The molecule has 0 bridgehead atoms. The van der Waals surface area contributed by atoms with Crippen LogP contribution in [0.15, 0.2) is 54.6 Å². The highest BCUT2D eigenvalue weighted by molar-refractivity contribution is 5.83. The summed E-state index contributed by atoms with van der Waals surface area (Å²) >= 11 is 0. The average molecular weight is 361 g/mol. The van der Waals surface area contributed by atoms with E-state index < -0.39 is 0 Å². The van der Waals surface area contributed by atoms with Crippen LogP contribution in [0.2, 0.25) is 0 Å². The number of nitrogens with zero attached hydrogens (tertiary/aromatic N) is 1. The summed E-state index contributed by atoms with van der Waals surface area (Å²) in [7, 11) is 0. The van der Waals surface area contributed by atoms with Gasteiger partial charge in [-0.3, -0.25) is 4.79 Å². The number of carbonyl (C=O) groups is 1. The first-order valence-electron chi connectivity index (χ1n) is 10.1. The molecule has 1 fully saturated rings. The highest BCUT2D eigenvalue weighted by Gasteiger charge is 2.23. The van der Waals surface area contributed by atoms with Gasteiger partial charge in [0.05, 0.1) is 5.92 Å². The van der Waals surface area contributed by atoms with Gasteiger partial charge in [0.1, 0.15) is 0 Å². The third-order valence-electron chi connectivity index (χ3n) is 5.98. The first kappa shape index (κ1) is 18.0. The number of carbonyl (C=O) groups excluding carboxylic acids is 1. The summed E-state index contributed by atoms with van der Waals surface area (Å²) in [4.78, 5) is 13.9. The number of aryl methyl sites for hydroxylation is 2. The van der Waals surface area contributed by atoms with Crippen molar-refractivity contribution in [3.8, 4) is 0 Å². The average Bonchev–Trinajstić information content (AvgIpc) is 2.86. The van der Waals surface area contributed by atoms with Crippen molar-refractivity contribution >= 4 is 11.5 Å². The maximum atomic E-state index is 11.5. The van der Waals surface area contributed by atoms with Crippen molar-refractivity contribution in [2.24, 2.45) is 11.7 Å². The van der Waals surface area contributed by atoms with E-state index in [-0.39, 0.29) is 11.8 Å². The summed E-state index contributed by atoms with van der Waals surface area (Å²) in [5.74, 6) is -0.129. The number of amides is 1. The van der Waals surface area contributed by atoms with Gasteiger partial charge in [0.2, 0.25) is 5.91 Å². The minimum absolute atomic E-state index is 0.0192. The quantitative estimate of drug-likeness (QED) is 0.901. The molecule has 1 saturated heterocycles. The highest BCUT2D eigenvalue weighted by Crippen LogP contribution is 2.33. The Labute approximate surface area is 161 Å². The van der Waals surface area contributed by atoms with Gasteiger partial charge >= 0.3 is 0 Å². The van der Waals surface area contributed by atoms with Gasteiger partial charge in [0.25, 0.3) is 0 Å². The monoisotopic (exact) mass is 360 g/mol. The molecule has 3 nitrogen and oxygen atoms in total. The predicted octanol–water partition coefficient (Wildman–Crippen LogP) is 3.80. The zero-order valence-corrected chi connectivity index (χ0v) is 15.9. The number of fused-ring (bicyclic) bond motifs is 2. The van der Waals surface area contributed by atoms with Crippen molar-refractivity contribution in [2.45, 2.75) is 32.1 Å². The van der Waals surface area contributed by atoms with Crippen LogP contribution >= 0.6 is 0 Å². The first-order valence-corrected chi connectivity index (χ1v) is 10.1. The zero-order valence-electron chi connectivity index (χ0n) is 15.9. The van der Waals surface area contributed by atoms with Crippen LogP contribution in [0.1, 0.15) is 41.5 Å². The molecule has 2 aliphatic rings. The number of likely N-dealkylation sites (tertiary alicyclic amines) is 1. The lowest BCUT2D eigenvalue weighted by Crippen LogP contribution is -2.41. The predicted molar refractivity (Wildman–Crippen MR) is 110 cm³/mol. The van der Waals surface area contributed by atoms with Crippen molar-refractivity contribution in [1.29, 1.82) is 0 Å². The summed E-state index contributed by atoms with van der Waals surface area (Å²) in [6, 6.07) is 17.6. The number of hydrogen-bond donors (Lipinski definition) is 1. The fourth-order valence-electron chi connectivity index (χ4n) is 4.52. The van der Waals surface area contributed by atoms with E-state index in [1.165, 1.54) is 27.8 Å². The molecular weight excluding hydrogens is 332 g/mol. The van der Waals surface area contributed by atoms with Crippen molar-refractivity contribution in [3.63, 3.8) is 0 Å². The second-order valence-electron chi connectivity index (χ2n) is 7.76. The normalized spacial score (nSPS) is 19.7. The van der Waals surface area contributed by atoms with E-state index in [2.05, 4.69) is 59.5 Å². The van der Waals surface area contributed by atoms with Crippen LogP contribution < -0.4 is 5.73 Å². The van der Waals surface area contributed by atoms with Crippen LogP contribution in [0.3, 0.4) is 0 Å². The standard InChI is InChI=1S/C24H28N2O/c25-24(27)20-9-5-15-26(17-20)16-6-12-23-21-10-3-1-7-18(21)13-14-19-8-2-4-11-22(19)23/h1-4,7-8,10-12,20H,5-6,9,13-17H2,(H2,25,27)/t20-/m1/s1. The SMILES string of the molecule is NC(=O)[C@@H]1CCCN(CCC=C2c3ccccc3CCc3ccccc32)C1. The summed E-state index contributed by atoms with van der Waals surface area (Å²) < 4.78 is 0. The largest absolute Gasteiger partial charge is 0.369 e. The maximum absolute atomic E-state index is 11.5. The minimum atomic E-state index is -0.148. The number of hydrogen-bond acceptors (Lipinski definition) is 2. The summed E-state index contributed by atoms with van der Waals surface area (Å²) in [6.45, 7) is 2.86. The lowest BCUT2D eigenvalue weighted by Gasteiger charge is -2.30. The van der Waals surface area contributed by atoms with Gasteiger partial charge in [-0.15, -0.1) is 0 Å². The van der Waals surface area contributed by atoms with E-state index in [1.807, 2.05) is 0 Å². The minimum Gasteiger partial charge on any atom is -0.369 e. The van der Waals surface area contributed by atoms with E-state index in [0.717, 1.165) is 51.7 Å². The second kappa shape index (κ2) is 8.10. The van der Waals surface area contributed by atoms with Crippen LogP contribution in [-0.4, -0.2) is 30.4 Å². The number of nitrogens with two attached hydrogens (primary N) is 1. The number of primary amides is 1. The Bertz CT molecular complexity index is 805. The van der Waals surface area contributed by atoms with Gasteiger partial charge in [-0.05, 0) is 66.5 Å². The molecule has 1 aliphatic carbocycles. The Balaban J connectivity index is 1.56.